The summed E-state index contributed by atoms with van der Waals surface area (Å²) in [4.78, 5) is 17.4. The van der Waals surface area contributed by atoms with Crippen LogP contribution in [0.4, 0.5) is 0 Å². The summed E-state index contributed by atoms with van der Waals surface area (Å²) in [7, 11) is 1.64. The van der Waals surface area contributed by atoms with E-state index in [9.17, 15) is 4.79 Å². The zero-order chi connectivity index (χ0) is 17.1. The Labute approximate surface area is 152 Å². The fourth-order valence-electron chi connectivity index (χ4n) is 2.88. The molecule has 2 heterocycles. The van der Waals surface area contributed by atoms with Gasteiger partial charge >= 0.3 is 0 Å². The first-order chi connectivity index (χ1) is 11.6. The molecule has 24 heavy (non-hydrogen) atoms. The third-order valence-electron chi connectivity index (χ3n) is 4.50. The lowest BCUT2D eigenvalue weighted by molar-refractivity contribution is -0.123. The van der Waals surface area contributed by atoms with E-state index >= 15 is 0 Å². The second-order valence-electron chi connectivity index (χ2n) is 6.32. The molecule has 4 nitrogen and oxygen atoms in total. The zero-order valence-electron chi connectivity index (χ0n) is 14.0. The molecule has 3 rings (SSSR count). The summed E-state index contributed by atoms with van der Waals surface area (Å²) in [5.41, 5.74) is 0.975. The molecule has 0 radical (unpaired) electrons. The number of likely N-dealkylation sites (tertiary alicyclic amines) is 1. The largest absolute Gasteiger partial charge is 0.497 e. The van der Waals surface area contributed by atoms with Gasteiger partial charge in [0.1, 0.15) is 10.1 Å². The van der Waals surface area contributed by atoms with Gasteiger partial charge in [0.25, 0.3) is 5.91 Å². The standard InChI is InChI=1S/C18H22N2O2S2/c1-13-7-9-19(10-8-13)12-20-17(21)16(24-18(20)23)11-14-3-5-15(22-2)6-4-14/h3-6,11,13H,7-10,12H2,1-2H3/b16-11-. The van der Waals surface area contributed by atoms with Crippen molar-refractivity contribution in [2.45, 2.75) is 19.8 Å². The van der Waals surface area contributed by atoms with Gasteiger partial charge in [-0.25, -0.2) is 0 Å². The van der Waals surface area contributed by atoms with Crippen molar-refractivity contribution in [3.8, 4) is 5.75 Å². The van der Waals surface area contributed by atoms with Crippen LogP contribution >= 0.6 is 24.0 Å². The van der Waals surface area contributed by atoms with E-state index in [4.69, 9.17) is 17.0 Å². The maximum Gasteiger partial charge on any atom is 0.267 e. The molecular weight excluding hydrogens is 340 g/mol. The van der Waals surface area contributed by atoms with Crippen LogP contribution in [0.1, 0.15) is 25.3 Å². The van der Waals surface area contributed by atoms with Crippen LogP contribution in [0.3, 0.4) is 0 Å². The maximum atomic E-state index is 12.7. The molecule has 0 spiro atoms. The molecule has 0 aromatic heterocycles. The van der Waals surface area contributed by atoms with Crippen molar-refractivity contribution in [2.24, 2.45) is 5.92 Å². The number of carbonyl (C=O) groups excluding carboxylic acids is 1. The summed E-state index contributed by atoms with van der Waals surface area (Å²) in [5.74, 6) is 1.60. The molecule has 0 saturated carbocycles. The topological polar surface area (TPSA) is 32.8 Å². The second-order valence-corrected chi connectivity index (χ2v) is 8.00. The Hall–Kier alpha value is -1.37. The van der Waals surface area contributed by atoms with Crippen molar-refractivity contribution in [2.75, 3.05) is 26.9 Å². The van der Waals surface area contributed by atoms with E-state index in [2.05, 4.69) is 11.8 Å². The molecule has 0 aliphatic carbocycles. The number of amides is 1. The number of thiocarbonyl (C=S) groups is 1. The van der Waals surface area contributed by atoms with Gasteiger partial charge < -0.3 is 4.74 Å². The molecule has 128 valence electrons. The average Bonchev–Trinajstić information content (AvgIpc) is 2.85. The molecule has 1 amide bonds. The van der Waals surface area contributed by atoms with E-state index in [0.29, 0.717) is 15.9 Å². The van der Waals surface area contributed by atoms with Gasteiger partial charge in [-0.2, -0.15) is 0 Å². The van der Waals surface area contributed by atoms with Gasteiger partial charge in [-0.15, -0.1) is 0 Å². The fourth-order valence-corrected chi connectivity index (χ4v) is 4.12. The van der Waals surface area contributed by atoms with Crippen molar-refractivity contribution < 1.29 is 9.53 Å². The van der Waals surface area contributed by atoms with Crippen molar-refractivity contribution in [3.05, 3.63) is 34.7 Å². The van der Waals surface area contributed by atoms with Gasteiger partial charge in [0.15, 0.2) is 0 Å². The van der Waals surface area contributed by atoms with E-state index in [1.54, 1.807) is 12.0 Å². The highest BCUT2D eigenvalue weighted by molar-refractivity contribution is 8.26. The van der Waals surface area contributed by atoms with Gasteiger partial charge in [-0.1, -0.05) is 43.0 Å². The fraction of sp³-hybridized carbons (Fsp3) is 0.444. The van der Waals surface area contributed by atoms with Crippen LogP contribution in [0.15, 0.2) is 29.2 Å². The average molecular weight is 363 g/mol. The van der Waals surface area contributed by atoms with Crippen LogP contribution in [0.5, 0.6) is 5.75 Å². The Bertz CT molecular complexity index is 649. The number of piperidine rings is 1. The van der Waals surface area contributed by atoms with E-state index in [1.165, 1.54) is 24.6 Å². The van der Waals surface area contributed by atoms with Gasteiger partial charge in [-0.3, -0.25) is 14.6 Å². The molecule has 6 heteroatoms. The SMILES string of the molecule is COc1ccc(/C=C2\SC(=S)N(CN3CCC(C)CC3)C2=O)cc1. The first-order valence-corrected chi connectivity index (χ1v) is 9.41. The number of benzene rings is 1. The summed E-state index contributed by atoms with van der Waals surface area (Å²) in [6, 6.07) is 7.66. The molecular formula is C18H22N2O2S2. The predicted molar refractivity (Wildman–Crippen MR) is 103 cm³/mol. The molecule has 0 unspecified atom stereocenters. The van der Waals surface area contributed by atoms with Gasteiger partial charge in [0.2, 0.25) is 0 Å². The zero-order valence-corrected chi connectivity index (χ0v) is 15.7. The number of hydrogen-bond donors (Lipinski definition) is 0. The Morgan fingerprint density at radius 3 is 2.58 bits per heavy atom. The van der Waals surface area contributed by atoms with Gasteiger partial charge in [0.05, 0.1) is 18.7 Å². The van der Waals surface area contributed by atoms with Crippen molar-refractivity contribution in [1.82, 2.24) is 9.80 Å². The number of carbonyl (C=O) groups is 1. The molecule has 1 aromatic rings. The molecule has 0 N–H and O–H groups in total. The number of hydrogen-bond acceptors (Lipinski definition) is 5. The lowest BCUT2D eigenvalue weighted by atomic mass is 10.00. The molecule has 0 atom stereocenters. The highest BCUT2D eigenvalue weighted by Gasteiger charge is 2.33. The summed E-state index contributed by atoms with van der Waals surface area (Å²) in [6.07, 6.45) is 4.28. The highest BCUT2D eigenvalue weighted by atomic mass is 32.2. The van der Waals surface area contributed by atoms with Crippen LogP contribution in [0.2, 0.25) is 0 Å². The van der Waals surface area contributed by atoms with Crippen LogP contribution in [0.25, 0.3) is 6.08 Å². The Morgan fingerprint density at radius 2 is 1.96 bits per heavy atom. The second kappa shape index (κ2) is 7.68. The third-order valence-corrected chi connectivity index (χ3v) is 5.88. The van der Waals surface area contributed by atoms with Crippen LogP contribution < -0.4 is 4.74 Å². The molecule has 1 aromatic carbocycles. The van der Waals surface area contributed by atoms with Crippen molar-refractivity contribution >= 4 is 40.3 Å². The number of rotatable bonds is 4. The quantitative estimate of drug-likeness (QED) is 0.604. The number of methoxy groups -OCH3 is 1. The first kappa shape index (κ1) is 17.5. The maximum absolute atomic E-state index is 12.7. The van der Waals surface area contributed by atoms with E-state index in [0.717, 1.165) is 30.3 Å². The van der Waals surface area contributed by atoms with Gasteiger partial charge in [-0.05, 0) is 42.5 Å². The third kappa shape index (κ3) is 3.99. The Kier molecular flexibility index (Phi) is 5.58. The van der Waals surface area contributed by atoms with E-state index in [-0.39, 0.29) is 5.91 Å². The van der Waals surface area contributed by atoms with Crippen molar-refractivity contribution in [1.29, 1.82) is 0 Å². The minimum Gasteiger partial charge on any atom is -0.497 e. The molecule has 2 fully saturated rings. The van der Waals surface area contributed by atoms with Gasteiger partial charge in [0, 0.05) is 13.1 Å². The van der Waals surface area contributed by atoms with Crippen LogP contribution in [-0.2, 0) is 4.79 Å². The van der Waals surface area contributed by atoms with E-state index in [1.807, 2.05) is 30.3 Å². The predicted octanol–water partition coefficient (Wildman–Crippen LogP) is 3.59. The smallest absolute Gasteiger partial charge is 0.267 e. The number of thioether (sulfide) groups is 1. The lowest BCUT2D eigenvalue weighted by Crippen LogP contribution is -2.43. The minimum atomic E-state index is 0.0134. The lowest BCUT2D eigenvalue weighted by Gasteiger charge is -2.32. The monoisotopic (exact) mass is 362 g/mol. The van der Waals surface area contributed by atoms with Crippen LogP contribution in [-0.4, -0.2) is 46.9 Å². The normalized spacial score (nSPS) is 21.8. The Morgan fingerprint density at radius 1 is 1.29 bits per heavy atom. The summed E-state index contributed by atoms with van der Waals surface area (Å²) >= 11 is 6.81. The summed E-state index contributed by atoms with van der Waals surface area (Å²) in [6.45, 7) is 4.97. The van der Waals surface area contributed by atoms with Crippen LogP contribution in [0, 0.1) is 5.92 Å². The molecule has 2 aliphatic rings. The first-order valence-electron chi connectivity index (χ1n) is 8.18. The number of nitrogens with zero attached hydrogens (tertiary/aromatic N) is 2. The molecule has 2 aliphatic heterocycles. The summed E-state index contributed by atoms with van der Waals surface area (Å²) < 4.78 is 5.81. The van der Waals surface area contributed by atoms with Crippen molar-refractivity contribution in [3.63, 3.8) is 0 Å². The van der Waals surface area contributed by atoms with E-state index < -0.39 is 0 Å². The Balaban J connectivity index is 1.67. The molecule has 2 saturated heterocycles. The molecule has 0 bridgehead atoms. The summed E-state index contributed by atoms with van der Waals surface area (Å²) in [5, 5.41) is 0. The number of ether oxygens (including phenoxy) is 1. The highest BCUT2D eigenvalue weighted by Crippen LogP contribution is 2.33. The minimum absolute atomic E-state index is 0.0134.